The molecule has 4 rings (SSSR count). The zero-order chi connectivity index (χ0) is 30.8. The van der Waals surface area contributed by atoms with Crippen molar-refractivity contribution >= 4 is 58.5 Å². The fourth-order valence-electron chi connectivity index (χ4n) is 3.96. The molecule has 3 amide bonds. The molecule has 0 radical (unpaired) electrons. The molecule has 9 nitrogen and oxygen atoms in total. The molecule has 0 spiro atoms. The minimum Gasteiger partial charge on any atom is -0.495 e. The molecule has 1 unspecified atom stereocenters. The normalized spacial score (nSPS) is 11.8. The number of hydrogen-bond acceptors (Lipinski definition) is 7. The number of carbonyl (C=O) groups is 3. The van der Waals surface area contributed by atoms with Gasteiger partial charge < -0.3 is 29.8 Å². The largest absolute Gasteiger partial charge is 0.495 e. The topological polar surface area (TPSA) is 119 Å². The standard InChI is InChI=1S/C32H30ClN3O6S/c1-4-29(32(39)35-25-18-24(33)27(40-2)19-28(25)41-3)43-23-14-8-12-21(16-23)34-31(38)26(17-22-13-9-15-42-22)36-30(37)20-10-6-5-7-11-20/h5-19,29H,4H2,1-3H3,(H,34,38)(H,35,39)(H,36,37)/b26-17-. The lowest BCUT2D eigenvalue weighted by molar-refractivity contribution is -0.116. The highest BCUT2D eigenvalue weighted by molar-refractivity contribution is 8.00. The van der Waals surface area contributed by atoms with Crippen molar-refractivity contribution < 1.29 is 28.3 Å². The number of nitrogens with one attached hydrogen (secondary N) is 3. The minimum absolute atomic E-state index is 0.000212. The zero-order valence-electron chi connectivity index (χ0n) is 23.7. The summed E-state index contributed by atoms with van der Waals surface area (Å²) in [5.41, 5.74) is 1.30. The first kappa shape index (κ1) is 31.3. The predicted molar refractivity (Wildman–Crippen MR) is 169 cm³/mol. The summed E-state index contributed by atoms with van der Waals surface area (Å²) in [6.07, 6.45) is 3.45. The number of carbonyl (C=O) groups excluding carboxylic acids is 3. The van der Waals surface area contributed by atoms with Crippen molar-refractivity contribution in [2.45, 2.75) is 23.5 Å². The molecule has 1 aromatic heterocycles. The van der Waals surface area contributed by atoms with Crippen molar-refractivity contribution in [3.63, 3.8) is 0 Å². The van der Waals surface area contributed by atoms with Crippen molar-refractivity contribution in [2.24, 2.45) is 0 Å². The molecule has 1 atom stereocenters. The van der Waals surface area contributed by atoms with Crippen molar-refractivity contribution in [1.29, 1.82) is 0 Å². The highest BCUT2D eigenvalue weighted by Gasteiger charge is 2.21. The summed E-state index contributed by atoms with van der Waals surface area (Å²) in [4.78, 5) is 40.1. The molecular weight excluding hydrogens is 590 g/mol. The molecule has 3 aromatic carbocycles. The average Bonchev–Trinajstić information content (AvgIpc) is 3.53. The van der Waals surface area contributed by atoms with Crippen LogP contribution in [-0.2, 0) is 9.59 Å². The van der Waals surface area contributed by atoms with Crippen LogP contribution < -0.4 is 25.4 Å². The van der Waals surface area contributed by atoms with Gasteiger partial charge >= 0.3 is 0 Å². The Hall–Kier alpha value is -4.67. The molecule has 11 heteroatoms. The molecule has 1 heterocycles. The van der Waals surface area contributed by atoms with E-state index in [9.17, 15) is 14.4 Å². The van der Waals surface area contributed by atoms with Crippen molar-refractivity contribution in [3.05, 3.63) is 107 Å². The summed E-state index contributed by atoms with van der Waals surface area (Å²) >= 11 is 7.60. The van der Waals surface area contributed by atoms with Crippen LogP contribution in [0, 0.1) is 0 Å². The van der Waals surface area contributed by atoms with E-state index in [1.807, 2.05) is 13.0 Å². The smallest absolute Gasteiger partial charge is 0.272 e. The van der Waals surface area contributed by atoms with Gasteiger partial charge in [0.2, 0.25) is 5.91 Å². The van der Waals surface area contributed by atoms with Crippen molar-refractivity contribution in [2.75, 3.05) is 24.9 Å². The maximum Gasteiger partial charge on any atom is 0.272 e. The summed E-state index contributed by atoms with van der Waals surface area (Å²) in [5.74, 6) is 0.0132. The average molecular weight is 620 g/mol. The van der Waals surface area contributed by atoms with Crippen LogP contribution >= 0.6 is 23.4 Å². The first-order valence-electron chi connectivity index (χ1n) is 13.2. The van der Waals surface area contributed by atoms with E-state index in [0.717, 1.165) is 4.90 Å². The maximum atomic E-state index is 13.3. The Morgan fingerprint density at radius 2 is 1.70 bits per heavy atom. The van der Waals surface area contributed by atoms with Gasteiger partial charge in [-0.3, -0.25) is 14.4 Å². The van der Waals surface area contributed by atoms with E-state index in [2.05, 4.69) is 16.0 Å². The molecule has 0 saturated heterocycles. The molecule has 222 valence electrons. The van der Waals surface area contributed by atoms with Gasteiger partial charge in [0.25, 0.3) is 11.8 Å². The lowest BCUT2D eigenvalue weighted by Crippen LogP contribution is -2.30. The lowest BCUT2D eigenvalue weighted by atomic mass is 10.2. The second-order valence-corrected chi connectivity index (χ2v) is 10.7. The molecule has 0 aliphatic heterocycles. The fourth-order valence-corrected chi connectivity index (χ4v) is 5.22. The Bertz CT molecular complexity index is 1610. The van der Waals surface area contributed by atoms with Crippen LogP contribution in [0.25, 0.3) is 6.08 Å². The van der Waals surface area contributed by atoms with E-state index in [1.54, 1.807) is 72.8 Å². The van der Waals surface area contributed by atoms with Crippen LogP contribution in [-0.4, -0.2) is 37.2 Å². The number of anilines is 2. The molecule has 43 heavy (non-hydrogen) atoms. The molecule has 3 N–H and O–H groups in total. The molecular formula is C32H30ClN3O6S. The zero-order valence-corrected chi connectivity index (χ0v) is 25.3. The highest BCUT2D eigenvalue weighted by atomic mass is 35.5. The van der Waals surface area contributed by atoms with Crippen molar-refractivity contribution in [3.8, 4) is 11.5 Å². The SMILES string of the molecule is CCC(Sc1cccc(NC(=O)/C(=C/c2ccco2)NC(=O)c2ccccc2)c1)C(=O)Nc1cc(Cl)c(OC)cc1OC. The second kappa shape index (κ2) is 15.0. The maximum absolute atomic E-state index is 13.3. The number of hydrogen-bond donors (Lipinski definition) is 3. The molecule has 0 aliphatic carbocycles. The quantitative estimate of drug-likeness (QED) is 0.117. The first-order chi connectivity index (χ1) is 20.8. The van der Waals surface area contributed by atoms with Crippen LogP contribution in [0.3, 0.4) is 0 Å². The molecule has 0 saturated carbocycles. The third kappa shape index (κ3) is 8.43. The Labute approximate surface area is 258 Å². The van der Waals surface area contributed by atoms with Gasteiger partial charge in [0.1, 0.15) is 23.0 Å². The van der Waals surface area contributed by atoms with Gasteiger partial charge in [0.05, 0.1) is 36.4 Å². The van der Waals surface area contributed by atoms with Crippen LogP contribution in [0.15, 0.2) is 100 Å². The fraction of sp³-hybridized carbons (Fsp3) is 0.156. The number of benzene rings is 3. The Kier molecular flexibility index (Phi) is 10.9. The molecule has 0 bridgehead atoms. The number of ether oxygens (including phenoxy) is 2. The third-order valence-corrected chi connectivity index (χ3v) is 7.78. The number of furan rings is 1. The van der Waals surface area contributed by atoms with Gasteiger partial charge in [-0.2, -0.15) is 0 Å². The molecule has 4 aromatic rings. The highest BCUT2D eigenvalue weighted by Crippen LogP contribution is 2.37. The number of methoxy groups -OCH3 is 2. The summed E-state index contributed by atoms with van der Waals surface area (Å²) in [5, 5.41) is 8.26. The van der Waals surface area contributed by atoms with Gasteiger partial charge in [-0.25, -0.2) is 0 Å². The van der Waals surface area contributed by atoms with E-state index >= 15 is 0 Å². The number of thioether (sulfide) groups is 1. The Morgan fingerprint density at radius 1 is 0.930 bits per heavy atom. The monoisotopic (exact) mass is 619 g/mol. The first-order valence-corrected chi connectivity index (χ1v) is 14.5. The summed E-state index contributed by atoms with van der Waals surface area (Å²) < 4.78 is 16.0. The van der Waals surface area contributed by atoms with Crippen LogP contribution in [0.2, 0.25) is 5.02 Å². The summed E-state index contributed by atoms with van der Waals surface area (Å²) in [6.45, 7) is 1.90. The third-order valence-electron chi connectivity index (χ3n) is 6.12. The van der Waals surface area contributed by atoms with Gasteiger partial charge in [0.15, 0.2) is 0 Å². The summed E-state index contributed by atoms with van der Waals surface area (Å²) in [6, 6.07) is 22.2. The van der Waals surface area contributed by atoms with Gasteiger partial charge in [0, 0.05) is 28.3 Å². The molecule has 0 aliphatic rings. The lowest BCUT2D eigenvalue weighted by Gasteiger charge is -2.18. The molecule has 0 fully saturated rings. The number of rotatable bonds is 12. The number of amides is 3. The van der Waals surface area contributed by atoms with Crippen LogP contribution in [0.1, 0.15) is 29.5 Å². The number of halogens is 1. The van der Waals surface area contributed by atoms with Gasteiger partial charge in [-0.1, -0.05) is 42.8 Å². The van der Waals surface area contributed by atoms with Crippen molar-refractivity contribution in [1.82, 2.24) is 5.32 Å². The van der Waals surface area contributed by atoms with Crippen LogP contribution in [0.5, 0.6) is 11.5 Å². The van der Waals surface area contributed by atoms with E-state index in [1.165, 1.54) is 38.3 Å². The van der Waals surface area contributed by atoms with Gasteiger partial charge in [-0.05, 0) is 55.0 Å². The van der Waals surface area contributed by atoms with E-state index in [0.29, 0.717) is 45.6 Å². The Morgan fingerprint density at radius 3 is 2.37 bits per heavy atom. The summed E-state index contributed by atoms with van der Waals surface area (Å²) in [7, 11) is 2.99. The Balaban J connectivity index is 1.47. The van der Waals surface area contributed by atoms with E-state index in [-0.39, 0.29) is 11.6 Å². The second-order valence-electron chi connectivity index (χ2n) is 9.07. The van der Waals surface area contributed by atoms with E-state index in [4.69, 9.17) is 25.5 Å². The minimum atomic E-state index is -0.545. The van der Waals surface area contributed by atoms with E-state index < -0.39 is 17.1 Å². The van der Waals surface area contributed by atoms with Gasteiger partial charge in [-0.15, -0.1) is 11.8 Å². The van der Waals surface area contributed by atoms with Crippen LogP contribution in [0.4, 0.5) is 11.4 Å². The predicted octanol–water partition coefficient (Wildman–Crippen LogP) is 6.87.